The van der Waals surface area contributed by atoms with Crippen molar-refractivity contribution in [3.8, 4) is 11.5 Å². The molecule has 1 unspecified atom stereocenters. The van der Waals surface area contributed by atoms with E-state index in [1.54, 1.807) is 0 Å². The third-order valence-corrected chi connectivity index (χ3v) is 9.41. The molecule has 0 aliphatic carbocycles. The maximum Gasteiger partial charge on any atom is 0.183 e. The number of anilines is 6. The molecule has 5 aromatic rings. The van der Waals surface area contributed by atoms with Crippen molar-refractivity contribution in [2.24, 2.45) is 0 Å². The third kappa shape index (κ3) is 5.45. The first-order valence-corrected chi connectivity index (χ1v) is 16.6. The Morgan fingerprint density at radius 1 is 0.574 bits per heavy atom. The van der Waals surface area contributed by atoms with Gasteiger partial charge >= 0.3 is 0 Å². The number of hydrogen-bond donors (Lipinski definition) is 3. The van der Waals surface area contributed by atoms with Crippen LogP contribution >= 0.6 is 0 Å². The Kier molecular flexibility index (Phi) is 8.26. The van der Waals surface area contributed by atoms with Gasteiger partial charge in [-0.25, -0.2) is 0 Å². The minimum absolute atomic E-state index is 0.673. The minimum Gasteiger partial charge on any atom is -0.456 e. The van der Waals surface area contributed by atoms with Crippen molar-refractivity contribution in [1.29, 1.82) is 0 Å². The monoisotopic (exact) mass is 626 g/mol. The molecule has 3 N–H and O–H groups in total. The molecule has 2 aliphatic heterocycles. The number of nitrogens with zero attached hydrogens (tertiary/aromatic N) is 2. The largest absolute Gasteiger partial charge is 0.456 e. The van der Waals surface area contributed by atoms with Gasteiger partial charge < -0.3 is 35.0 Å². The van der Waals surface area contributed by atoms with Gasteiger partial charge in [0.15, 0.2) is 11.9 Å². The van der Waals surface area contributed by atoms with Gasteiger partial charge in [0.25, 0.3) is 0 Å². The van der Waals surface area contributed by atoms with E-state index in [9.17, 15) is 5.11 Å². The highest BCUT2D eigenvalue weighted by atomic mass is 16.6. The van der Waals surface area contributed by atoms with Crippen LogP contribution in [0.2, 0.25) is 0 Å². The smallest absolute Gasteiger partial charge is 0.183 e. The van der Waals surface area contributed by atoms with Crippen LogP contribution in [0.4, 0.5) is 34.1 Å². The number of ether oxygens (including phenoxy) is 2. The van der Waals surface area contributed by atoms with E-state index in [0.29, 0.717) is 11.5 Å². The summed E-state index contributed by atoms with van der Waals surface area (Å²) in [7, 11) is 0. The van der Waals surface area contributed by atoms with Crippen LogP contribution in [0.1, 0.15) is 56.2 Å². The second-order valence-corrected chi connectivity index (χ2v) is 12.0. The Balaban J connectivity index is 1.24. The molecule has 0 saturated heterocycles. The van der Waals surface area contributed by atoms with E-state index in [-0.39, 0.29) is 0 Å². The van der Waals surface area contributed by atoms with Crippen LogP contribution in [-0.4, -0.2) is 31.3 Å². The van der Waals surface area contributed by atoms with E-state index >= 15 is 0 Å². The molecule has 2 aliphatic rings. The summed E-state index contributed by atoms with van der Waals surface area (Å²) >= 11 is 0. The van der Waals surface area contributed by atoms with Crippen LogP contribution in [0, 0.1) is 0 Å². The minimum atomic E-state index is -1.06. The van der Waals surface area contributed by atoms with E-state index in [1.807, 2.05) is 60.7 Å². The molecule has 7 nitrogen and oxygen atoms in total. The van der Waals surface area contributed by atoms with Crippen molar-refractivity contribution in [2.75, 3.05) is 46.6 Å². The number of nitrogens with one attached hydrogen (secondary N) is 2. The number of hydrogen-bond acceptors (Lipinski definition) is 7. The van der Waals surface area contributed by atoms with Crippen LogP contribution in [0.5, 0.6) is 11.5 Å². The van der Waals surface area contributed by atoms with Gasteiger partial charge in [-0.1, -0.05) is 24.3 Å². The Hall–Kier alpha value is -4.98. The zero-order valence-electron chi connectivity index (χ0n) is 27.5. The van der Waals surface area contributed by atoms with Gasteiger partial charge in [-0.2, -0.15) is 0 Å². The summed E-state index contributed by atoms with van der Waals surface area (Å²) in [4.78, 5) is 4.65. The molecule has 0 radical (unpaired) electrons. The topological polar surface area (TPSA) is 69.2 Å². The Bertz CT molecular complexity index is 1760. The molecule has 1 spiro atoms. The summed E-state index contributed by atoms with van der Waals surface area (Å²) in [6, 6.07) is 37.1. The second kappa shape index (κ2) is 12.7. The molecule has 0 amide bonds. The molecule has 7 rings (SSSR count). The molecule has 7 heteroatoms. The van der Waals surface area contributed by atoms with E-state index in [2.05, 4.69) is 96.7 Å². The third-order valence-electron chi connectivity index (χ3n) is 9.41. The highest BCUT2D eigenvalue weighted by Crippen LogP contribution is 2.59. The van der Waals surface area contributed by atoms with Gasteiger partial charge in [0.2, 0.25) is 0 Å². The lowest BCUT2D eigenvalue weighted by atomic mass is 9.77. The Morgan fingerprint density at radius 3 is 1.49 bits per heavy atom. The highest BCUT2D eigenvalue weighted by Gasteiger charge is 2.52. The summed E-state index contributed by atoms with van der Waals surface area (Å²) in [6.45, 7) is 12.5. The van der Waals surface area contributed by atoms with Crippen LogP contribution in [0.15, 0.2) is 109 Å². The lowest BCUT2D eigenvalue weighted by molar-refractivity contribution is -0.142. The summed E-state index contributed by atoms with van der Waals surface area (Å²) in [5.41, 5.74) is 8.53. The number of aliphatic hydroxyl groups excluding tert-OH is 1. The van der Waals surface area contributed by atoms with Crippen molar-refractivity contribution in [3.05, 3.63) is 131 Å². The van der Waals surface area contributed by atoms with Crippen molar-refractivity contribution in [3.63, 3.8) is 0 Å². The summed E-state index contributed by atoms with van der Waals surface area (Å²) < 4.78 is 13.2. The molecule has 47 heavy (non-hydrogen) atoms. The van der Waals surface area contributed by atoms with E-state index in [1.165, 1.54) is 11.4 Å². The van der Waals surface area contributed by atoms with Crippen molar-refractivity contribution < 1.29 is 14.6 Å². The van der Waals surface area contributed by atoms with Gasteiger partial charge in [0, 0.05) is 94.7 Å². The molecule has 0 bridgehead atoms. The summed E-state index contributed by atoms with van der Waals surface area (Å²) in [5.74, 6) is 1.35. The summed E-state index contributed by atoms with van der Waals surface area (Å²) in [5, 5.41) is 18.2. The molecule has 1 atom stereocenters. The average molecular weight is 627 g/mol. The Morgan fingerprint density at radius 2 is 1.02 bits per heavy atom. The number of benzene rings is 5. The molecule has 0 saturated carbocycles. The fraction of sp³-hybridized carbons (Fsp3) is 0.250. The first kappa shape index (κ1) is 30.7. The molecule has 5 aromatic carbocycles. The molecule has 0 aromatic heterocycles. The van der Waals surface area contributed by atoms with Gasteiger partial charge in [-0.05, 0) is 100 Å². The second-order valence-electron chi connectivity index (χ2n) is 12.0. The fourth-order valence-electron chi connectivity index (χ4n) is 6.98. The summed E-state index contributed by atoms with van der Waals surface area (Å²) in [6.07, 6.45) is -1.06. The first-order chi connectivity index (χ1) is 23.0. The predicted octanol–water partition coefficient (Wildman–Crippen LogP) is 9.28. The van der Waals surface area contributed by atoms with Gasteiger partial charge in [-0.3, -0.25) is 0 Å². The maximum absolute atomic E-state index is 11.1. The van der Waals surface area contributed by atoms with Crippen LogP contribution in [0.3, 0.4) is 0 Å². The fourth-order valence-corrected chi connectivity index (χ4v) is 6.98. The maximum atomic E-state index is 11.1. The zero-order valence-corrected chi connectivity index (χ0v) is 27.5. The molecular formula is C40H42N4O3. The number of fused-ring (bicyclic) bond motifs is 6. The van der Waals surface area contributed by atoms with E-state index < -0.39 is 11.9 Å². The van der Waals surface area contributed by atoms with Gasteiger partial charge in [0.1, 0.15) is 11.5 Å². The number of aliphatic hydroxyl groups is 1. The van der Waals surface area contributed by atoms with Crippen LogP contribution < -0.4 is 25.2 Å². The lowest BCUT2D eigenvalue weighted by Crippen LogP contribution is -2.32. The molecule has 0 fully saturated rings. The molecule has 2 heterocycles. The van der Waals surface area contributed by atoms with Crippen molar-refractivity contribution in [2.45, 2.75) is 39.6 Å². The van der Waals surface area contributed by atoms with E-state index in [4.69, 9.17) is 9.47 Å². The van der Waals surface area contributed by atoms with Gasteiger partial charge in [0.05, 0.1) is 0 Å². The van der Waals surface area contributed by atoms with Gasteiger partial charge in [-0.15, -0.1) is 0 Å². The van der Waals surface area contributed by atoms with Crippen LogP contribution in [0.25, 0.3) is 0 Å². The quantitative estimate of drug-likeness (QED) is 0.143. The highest BCUT2D eigenvalue weighted by molar-refractivity contribution is 5.73. The number of rotatable bonds is 10. The first-order valence-electron chi connectivity index (χ1n) is 16.6. The van der Waals surface area contributed by atoms with E-state index in [0.717, 1.165) is 71.2 Å². The van der Waals surface area contributed by atoms with Crippen molar-refractivity contribution >= 4 is 34.1 Å². The lowest BCUT2D eigenvalue weighted by Gasteiger charge is -2.37. The molecular weight excluding hydrogens is 584 g/mol. The zero-order chi connectivity index (χ0) is 32.5. The normalized spacial score (nSPS) is 15.3. The van der Waals surface area contributed by atoms with Crippen molar-refractivity contribution in [1.82, 2.24) is 0 Å². The standard InChI is InChI=1S/C40H42N4O3/c1-5-43(6-2)31-19-13-27(14-20-31)41-29-17-23-35-37(25-29)46-38-26-30(42-28-15-21-32(22-16-28)44(7-3)8-4)18-24-36(38)40(35)34-12-10-9-11-33(34)39(45)47-40/h9-26,39,41-42,45H,5-8H2,1-4H3. The van der Waals surface area contributed by atoms with Crippen LogP contribution in [-0.2, 0) is 10.3 Å². The average Bonchev–Trinajstić information content (AvgIpc) is 3.39. The SMILES string of the molecule is CCN(CC)c1ccc(Nc2ccc3c(c2)Oc2cc(Nc4ccc(N(CC)CC)cc4)ccc2C32OC(O)c3ccccc32)cc1. The molecule has 240 valence electrons. The Labute approximate surface area is 277 Å². The predicted molar refractivity (Wildman–Crippen MR) is 192 cm³/mol.